The van der Waals surface area contributed by atoms with Gasteiger partial charge in [-0.3, -0.25) is 15.3 Å². The van der Waals surface area contributed by atoms with Crippen LogP contribution in [0.15, 0.2) is 66.4 Å². The van der Waals surface area contributed by atoms with E-state index >= 15 is 0 Å². The first-order valence-electron chi connectivity index (χ1n) is 8.34. The van der Waals surface area contributed by atoms with Gasteiger partial charge in [0, 0.05) is 35.9 Å². The molecule has 1 unspecified atom stereocenters. The molecule has 0 heterocycles. The minimum atomic E-state index is -0.813. The molecule has 26 heavy (non-hydrogen) atoms. The van der Waals surface area contributed by atoms with Gasteiger partial charge in [0.1, 0.15) is 5.72 Å². The number of benzene rings is 2. The molecule has 0 saturated carbocycles. The molecule has 130 valence electrons. The first-order chi connectivity index (χ1) is 12.5. The second-order valence-corrected chi connectivity index (χ2v) is 6.41. The number of carbonyl (C=O) groups excluding carboxylic acids is 2. The van der Waals surface area contributed by atoms with Crippen LogP contribution in [0.5, 0.6) is 0 Å². The standard InChI is InChI=1S/C21H18N2O3/c1-26-21(22)11-9-13(10-12-21)23-17-8-4-7-16-18(17)20(25)15-6-3-2-5-14(15)19(16)24/h2-11,23H,12,22H2,1H3. The average molecular weight is 346 g/mol. The zero-order valence-electron chi connectivity index (χ0n) is 14.3. The quantitative estimate of drug-likeness (QED) is 0.713. The van der Waals surface area contributed by atoms with E-state index < -0.39 is 5.72 Å². The third kappa shape index (κ3) is 2.58. The number of nitrogens with two attached hydrogens (primary N) is 1. The van der Waals surface area contributed by atoms with Gasteiger partial charge < -0.3 is 10.1 Å². The Kier molecular flexibility index (Phi) is 3.83. The van der Waals surface area contributed by atoms with Crippen molar-refractivity contribution >= 4 is 17.3 Å². The number of carbonyl (C=O) groups is 2. The van der Waals surface area contributed by atoms with Crippen LogP contribution < -0.4 is 11.1 Å². The minimum Gasteiger partial charge on any atom is -0.360 e. The van der Waals surface area contributed by atoms with E-state index in [0.717, 1.165) is 5.70 Å². The van der Waals surface area contributed by atoms with E-state index in [2.05, 4.69) is 5.32 Å². The maximum atomic E-state index is 13.0. The molecule has 0 fully saturated rings. The largest absolute Gasteiger partial charge is 0.360 e. The number of ether oxygens (including phenoxy) is 1. The van der Waals surface area contributed by atoms with Gasteiger partial charge in [0.2, 0.25) is 0 Å². The van der Waals surface area contributed by atoms with Crippen LogP contribution in [-0.4, -0.2) is 24.4 Å². The van der Waals surface area contributed by atoms with Crippen molar-refractivity contribution in [1.29, 1.82) is 0 Å². The van der Waals surface area contributed by atoms with Crippen molar-refractivity contribution in [2.45, 2.75) is 12.1 Å². The summed E-state index contributed by atoms with van der Waals surface area (Å²) >= 11 is 0. The van der Waals surface area contributed by atoms with Crippen molar-refractivity contribution in [2.24, 2.45) is 5.73 Å². The van der Waals surface area contributed by atoms with Crippen LogP contribution in [0.25, 0.3) is 0 Å². The minimum absolute atomic E-state index is 0.132. The third-order valence-corrected chi connectivity index (χ3v) is 4.80. The summed E-state index contributed by atoms with van der Waals surface area (Å²) in [5.41, 5.74) is 8.34. The number of hydrogen-bond donors (Lipinski definition) is 2. The molecule has 1 atom stereocenters. The normalized spacial score (nSPS) is 21.1. The molecule has 0 radical (unpaired) electrons. The van der Waals surface area contributed by atoms with Crippen LogP contribution in [-0.2, 0) is 4.74 Å². The Hall–Kier alpha value is -3.02. The lowest BCUT2D eigenvalue weighted by Gasteiger charge is -2.27. The second kappa shape index (κ2) is 6.05. The van der Waals surface area contributed by atoms with E-state index in [0.29, 0.717) is 34.4 Å². The fourth-order valence-corrected chi connectivity index (χ4v) is 3.29. The van der Waals surface area contributed by atoms with E-state index in [4.69, 9.17) is 10.5 Å². The highest BCUT2D eigenvalue weighted by atomic mass is 16.5. The zero-order valence-corrected chi connectivity index (χ0v) is 14.3. The Bertz CT molecular complexity index is 991. The molecule has 3 N–H and O–H groups in total. The number of ketones is 2. The summed E-state index contributed by atoms with van der Waals surface area (Å²) in [6.45, 7) is 0. The number of anilines is 1. The molecule has 0 amide bonds. The van der Waals surface area contributed by atoms with Crippen LogP contribution in [0.3, 0.4) is 0 Å². The molecule has 0 aliphatic heterocycles. The van der Waals surface area contributed by atoms with Gasteiger partial charge in [0.05, 0.1) is 11.3 Å². The summed E-state index contributed by atoms with van der Waals surface area (Å²) in [5.74, 6) is -0.281. The summed E-state index contributed by atoms with van der Waals surface area (Å²) in [6.07, 6.45) is 6.00. The van der Waals surface area contributed by atoms with Crippen LogP contribution in [0, 0.1) is 0 Å². The first-order valence-corrected chi connectivity index (χ1v) is 8.34. The van der Waals surface area contributed by atoms with Crippen LogP contribution in [0.2, 0.25) is 0 Å². The molecule has 5 nitrogen and oxygen atoms in total. The first kappa shape index (κ1) is 16.4. The van der Waals surface area contributed by atoms with E-state index in [1.54, 1.807) is 55.7 Å². The highest BCUT2D eigenvalue weighted by molar-refractivity contribution is 6.30. The van der Waals surface area contributed by atoms with Crippen molar-refractivity contribution in [1.82, 2.24) is 0 Å². The Morgan fingerprint density at radius 2 is 1.69 bits per heavy atom. The lowest BCUT2D eigenvalue weighted by atomic mass is 9.83. The molecule has 5 heteroatoms. The molecule has 2 aromatic rings. The summed E-state index contributed by atoms with van der Waals surface area (Å²) < 4.78 is 5.26. The number of rotatable bonds is 3. The van der Waals surface area contributed by atoms with E-state index in [1.807, 2.05) is 12.2 Å². The highest BCUT2D eigenvalue weighted by Gasteiger charge is 2.31. The van der Waals surface area contributed by atoms with Crippen LogP contribution in [0.4, 0.5) is 5.69 Å². The molecule has 2 aromatic carbocycles. The Morgan fingerprint density at radius 3 is 2.35 bits per heavy atom. The molecule has 0 bridgehead atoms. The number of methoxy groups -OCH3 is 1. The molecular weight excluding hydrogens is 328 g/mol. The van der Waals surface area contributed by atoms with Crippen molar-refractivity contribution < 1.29 is 14.3 Å². The summed E-state index contributed by atoms with van der Waals surface area (Å²) in [6, 6.07) is 12.2. The van der Waals surface area contributed by atoms with Crippen molar-refractivity contribution in [3.63, 3.8) is 0 Å². The molecule has 0 aromatic heterocycles. The number of nitrogens with one attached hydrogen (secondary N) is 1. The van der Waals surface area contributed by atoms with Gasteiger partial charge in [-0.05, 0) is 18.2 Å². The van der Waals surface area contributed by atoms with Crippen molar-refractivity contribution in [3.05, 3.63) is 88.6 Å². The molecule has 4 rings (SSSR count). The average Bonchev–Trinajstić information content (AvgIpc) is 2.68. The number of allylic oxidation sites excluding steroid dienone is 1. The van der Waals surface area contributed by atoms with Crippen molar-refractivity contribution in [3.8, 4) is 0 Å². The predicted molar refractivity (Wildman–Crippen MR) is 99.1 cm³/mol. The molecular formula is C21H18N2O3. The maximum Gasteiger partial charge on any atom is 0.196 e. The summed E-state index contributed by atoms with van der Waals surface area (Å²) in [5, 5.41) is 3.24. The monoisotopic (exact) mass is 346 g/mol. The number of hydrogen-bond acceptors (Lipinski definition) is 5. The van der Waals surface area contributed by atoms with Crippen molar-refractivity contribution in [2.75, 3.05) is 12.4 Å². The SMILES string of the molecule is COC1(N)C=CC(Nc2cccc3c2C(=O)c2ccccc2C3=O)=CC1. The van der Waals surface area contributed by atoms with Gasteiger partial charge in [-0.15, -0.1) is 0 Å². The third-order valence-electron chi connectivity index (χ3n) is 4.80. The van der Waals surface area contributed by atoms with E-state index in [9.17, 15) is 9.59 Å². The molecule has 2 aliphatic rings. The van der Waals surface area contributed by atoms with Gasteiger partial charge in [0.25, 0.3) is 0 Å². The van der Waals surface area contributed by atoms with Gasteiger partial charge in [-0.1, -0.05) is 42.5 Å². The Labute approximate surface area is 151 Å². The van der Waals surface area contributed by atoms with Gasteiger partial charge in [0.15, 0.2) is 11.6 Å². The summed E-state index contributed by atoms with van der Waals surface area (Å²) in [7, 11) is 1.56. The molecule has 0 saturated heterocycles. The lowest BCUT2D eigenvalue weighted by molar-refractivity contribution is 0.0394. The van der Waals surface area contributed by atoms with E-state index in [-0.39, 0.29) is 11.6 Å². The maximum absolute atomic E-state index is 13.0. The topological polar surface area (TPSA) is 81.4 Å². The van der Waals surface area contributed by atoms with E-state index in [1.165, 1.54) is 0 Å². The van der Waals surface area contributed by atoms with Crippen LogP contribution >= 0.6 is 0 Å². The summed E-state index contributed by atoms with van der Waals surface area (Å²) in [4.78, 5) is 25.8. The second-order valence-electron chi connectivity index (χ2n) is 6.41. The predicted octanol–water partition coefficient (Wildman–Crippen LogP) is 3.02. The Morgan fingerprint density at radius 1 is 1.00 bits per heavy atom. The lowest BCUT2D eigenvalue weighted by Crippen LogP contribution is -2.40. The van der Waals surface area contributed by atoms with Gasteiger partial charge in [-0.25, -0.2) is 0 Å². The smallest absolute Gasteiger partial charge is 0.196 e. The zero-order chi connectivity index (χ0) is 18.3. The Balaban J connectivity index is 1.72. The fourth-order valence-electron chi connectivity index (χ4n) is 3.29. The molecule has 2 aliphatic carbocycles. The highest BCUT2D eigenvalue weighted by Crippen LogP contribution is 2.33. The van der Waals surface area contributed by atoms with Gasteiger partial charge in [-0.2, -0.15) is 0 Å². The fraction of sp³-hybridized carbons (Fsp3) is 0.143. The van der Waals surface area contributed by atoms with Gasteiger partial charge >= 0.3 is 0 Å². The molecule has 0 spiro atoms. The van der Waals surface area contributed by atoms with Crippen LogP contribution in [0.1, 0.15) is 38.3 Å². The number of fused-ring (bicyclic) bond motifs is 2.